The Balaban J connectivity index is 1.30. The monoisotopic (exact) mass is 314 g/mol. The molecule has 2 aliphatic heterocycles. The number of hydrogen-bond donors (Lipinski definition) is 0. The van der Waals surface area contributed by atoms with Crippen molar-refractivity contribution in [3.8, 4) is 0 Å². The number of hydrogen-bond acceptors (Lipinski definition) is 2. The fourth-order valence-electron chi connectivity index (χ4n) is 4.76. The lowest BCUT2D eigenvalue weighted by atomic mass is 9.68. The van der Waals surface area contributed by atoms with E-state index in [0.717, 1.165) is 34.9 Å². The van der Waals surface area contributed by atoms with Gasteiger partial charge in [-0.25, -0.2) is 0 Å². The minimum atomic E-state index is 0.779. The Morgan fingerprint density at radius 1 is 1.09 bits per heavy atom. The molecule has 0 N–H and O–H groups in total. The van der Waals surface area contributed by atoms with E-state index in [0.29, 0.717) is 0 Å². The van der Waals surface area contributed by atoms with Gasteiger partial charge in [0.15, 0.2) is 0 Å². The summed E-state index contributed by atoms with van der Waals surface area (Å²) in [6.45, 7) is 3.05. The first-order valence-electron chi connectivity index (χ1n) is 8.80. The van der Waals surface area contributed by atoms with Crippen LogP contribution in [0.3, 0.4) is 0 Å². The minimum absolute atomic E-state index is 0.779. The zero-order valence-corrected chi connectivity index (χ0v) is 14.2. The molecule has 118 valence electrons. The van der Waals surface area contributed by atoms with Crippen molar-refractivity contribution < 1.29 is 4.74 Å². The van der Waals surface area contributed by atoms with E-state index >= 15 is 0 Å². The Morgan fingerprint density at radius 3 is 2.68 bits per heavy atom. The second kappa shape index (κ2) is 6.31. The van der Waals surface area contributed by atoms with Crippen molar-refractivity contribution in [3.05, 3.63) is 42.2 Å². The molecule has 2 saturated heterocycles. The Labute approximate surface area is 138 Å². The van der Waals surface area contributed by atoms with E-state index < -0.39 is 0 Å². The van der Waals surface area contributed by atoms with Gasteiger partial charge < -0.3 is 4.74 Å². The molecule has 3 aliphatic rings. The summed E-state index contributed by atoms with van der Waals surface area (Å²) in [5.74, 6) is 2.83. The smallest absolute Gasteiger partial charge is 0.0901 e. The van der Waals surface area contributed by atoms with Gasteiger partial charge in [-0.1, -0.05) is 30.3 Å². The molecule has 0 aromatic heterocycles. The van der Waals surface area contributed by atoms with Crippen LogP contribution in [0.5, 0.6) is 0 Å². The molecule has 1 aliphatic carbocycles. The molecule has 1 aromatic carbocycles. The zero-order valence-electron chi connectivity index (χ0n) is 13.4. The first kappa shape index (κ1) is 14.7. The quantitative estimate of drug-likeness (QED) is 0.691. The van der Waals surface area contributed by atoms with Crippen LogP contribution < -0.4 is 0 Å². The van der Waals surface area contributed by atoms with Crippen LogP contribution in [0.2, 0.25) is 0 Å². The summed E-state index contributed by atoms with van der Waals surface area (Å²) in [4.78, 5) is 0. The number of thioether (sulfide) groups is 1. The summed E-state index contributed by atoms with van der Waals surface area (Å²) < 4.78 is 5.95. The van der Waals surface area contributed by atoms with E-state index in [9.17, 15) is 0 Å². The second-order valence-corrected chi connectivity index (χ2v) is 8.78. The average molecular weight is 314 g/mol. The molecule has 1 saturated carbocycles. The number of allylic oxidation sites excluding steroid dienone is 1. The first-order chi connectivity index (χ1) is 10.8. The molecular formula is C20H26OS. The van der Waals surface area contributed by atoms with E-state index in [2.05, 4.69) is 49.0 Å². The van der Waals surface area contributed by atoms with Gasteiger partial charge in [0.2, 0.25) is 0 Å². The van der Waals surface area contributed by atoms with Gasteiger partial charge in [0.05, 0.1) is 12.9 Å². The van der Waals surface area contributed by atoms with Crippen LogP contribution in [0.15, 0.2) is 36.6 Å². The lowest BCUT2D eigenvalue weighted by molar-refractivity contribution is 0.102. The molecule has 0 radical (unpaired) electrons. The minimum Gasteiger partial charge on any atom is -0.501 e. The van der Waals surface area contributed by atoms with Crippen molar-refractivity contribution in [1.82, 2.24) is 0 Å². The predicted molar refractivity (Wildman–Crippen MR) is 94.8 cm³/mol. The summed E-state index contributed by atoms with van der Waals surface area (Å²) in [5, 5.41) is 2.00. The molecule has 1 nitrogen and oxygen atoms in total. The van der Waals surface area contributed by atoms with E-state index in [1.54, 1.807) is 0 Å². The van der Waals surface area contributed by atoms with Gasteiger partial charge in [-0.3, -0.25) is 0 Å². The van der Waals surface area contributed by atoms with Gasteiger partial charge >= 0.3 is 0 Å². The Morgan fingerprint density at radius 2 is 1.86 bits per heavy atom. The largest absolute Gasteiger partial charge is 0.501 e. The number of benzene rings is 1. The molecule has 2 heteroatoms. The maximum Gasteiger partial charge on any atom is 0.0901 e. The van der Waals surface area contributed by atoms with Crippen LogP contribution in [0.25, 0.3) is 5.57 Å². The SMILES string of the molecule is C/C(=C/OCC1CCC2C3CCC(S3)C2C1)c1ccccc1. The van der Waals surface area contributed by atoms with Gasteiger partial charge in [0.1, 0.15) is 0 Å². The van der Waals surface area contributed by atoms with Gasteiger partial charge in [0.25, 0.3) is 0 Å². The topological polar surface area (TPSA) is 9.23 Å². The van der Waals surface area contributed by atoms with E-state index in [1.807, 2.05) is 6.26 Å². The molecule has 0 spiro atoms. The van der Waals surface area contributed by atoms with Crippen molar-refractivity contribution in [3.63, 3.8) is 0 Å². The highest BCUT2D eigenvalue weighted by Crippen LogP contribution is 2.58. The van der Waals surface area contributed by atoms with Crippen molar-refractivity contribution in [1.29, 1.82) is 0 Å². The molecule has 2 bridgehead atoms. The first-order valence-corrected chi connectivity index (χ1v) is 9.75. The van der Waals surface area contributed by atoms with Gasteiger partial charge in [-0.2, -0.15) is 11.8 Å². The third kappa shape index (κ3) is 2.82. The maximum absolute atomic E-state index is 5.95. The van der Waals surface area contributed by atoms with E-state index in [4.69, 9.17) is 4.74 Å². The number of ether oxygens (including phenoxy) is 1. The van der Waals surface area contributed by atoms with Crippen LogP contribution in [0, 0.1) is 17.8 Å². The third-order valence-electron chi connectivity index (χ3n) is 5.93. The lowest BCUT2D eigenvalue weighted by Crippen LogP contribution is -2.34. The summed E-state index contributed by atoms with van der Waals surface area (Å²) in [5.41, 5.74) is 2.49. The number of fused-ring (bicyclic) bond motifs is 5. The standard InChI is InChI=1S/C20H26OS/c1-14(16-5-3-2-4-6-16)12-21-13-15-7-8-17-18(11-15)20-10-9-19(17)22-20/h2-6,12,15,17-20H,7-11,13H2,1H3/b14-12-. The van der Waals surface area contributed by atoms with Crippen molar-refractivity contribution in [2.24, 2.45) is 17.8 Å². The highest BCUT2D eigenvalue weighted by molar-refractivity contribution is 8.01. The van der Waals surface area contributed by atoms with Crippen LogP contribution in [0.4, 0.5) is 0 Å². The molecule has 4 rings (SSSR count). The molecular weight excluding hydrogens is 288 g/mol. The molecule has 3 fully saturated rings. The summed E-state index contributed by atoms with van der Waals surface area (Å²) in [7, 11) is 0. The van der Waals surface area contributed by atoms with Gasteiger partial charge in [-0.15, -0.1) is 0 Å². The third-order valence-corrected chi connectivity index (χ3v) is 7.79. The fraction of sp³-hybridized carbons (Fsp3) is 0.600. The van der Waals surface area contributed by atoms with E-state index in [-0.39, 0.29) is 0 Å². The fourth-order valence-corrected chi connectivity index (χ4v) is 6.81. The van der Waals surface area contributed by atoms with Crippen LogP contribution in [-0.4, -0.2) is 17.1 Å². The highest BCUT2D eigenvalue weighted by Gasteiger charge is 2.50. The zero-order chi connectivity index (χ0) is 14.9. The summed E-state index contributed by atoms with van der Waals surface area (Å²) in [6, 6.07) is 10.5. The average Bonchev–Trinajstić information content (AvgIpc) is 3.17. The highest BCUT2D eigenvalue weighted by atomic mass is 32.2. The Bertz CT molecular complexity index is 538. The Hall–Kier alpha value is -0.890. The number of rotatable bonds is 4. The molecule has 5 unspecified atom stereocenters. The summed E-state index contributed by atoms with van der Waals surface area (Å²) in [6.07, 6.45) is 9.19. The van der Waals surface area contributed by atoms with Gasteiger partial charge in [-0.05, 0) is 67.9 Å². The summed E-state index contributed by atoms with van der Waals surface area (Å²) >= 11 is 2.31. The van der Waals surface area contributed by atoms with Crippen molar-refractivity contribution in [2.45, 2.75) is 49.5 Å². The molecule has 5 atom stereocenters. The van der Waals surface area contributed by atoms with Crippen LogP contribution >= 0.6 is 11.8 Å². The van der Waals surface area contributed by atoms with Crippen LogP contribution in [0.1, 0.15) is 44.6 Å². The molecule has 0 amide bonds. The maximum atomic E-state index is 5.95. The second-order valence-electron chi connectivity index (χ2n) is 7.30. The normalized spacial score (nSPS) is 37.1. The molecule has 2 heterocycles. The van der Waals surface area contributed by atoms with Crippen molar-refractivity contribution >= 4 is 17.3 Å². The van der Waals surface area contributed by atoms with Crippen molar-refractivity contribution in [2.75, 3.05) is 6.61 Å². The van der Waals surface area contributed by atoms with E-state index in [1.165, 1.54) is 43.2 Å². The van der Waals surface area contributed by atoms with Gasteiger partial charge in [0, 0.05) is 10.5 Å². The predicted octanol–water partition coefficient (Wildman–Crippen LogP) is 5.37. The Kier molecular flexibility index (Phi) is 4.21. The molecule has 22 heavy (non-hydrogen) atoms. The lowest BCUT2D eigenvalue weighted by Gasteiger charge is -2.37. The van der Waals surface area contributed by atoms with Crippen LogP contribution in [-0.2, 0) is 4.74 Å². The molecule has 1 aromatic rings.